The molecule has 0 spiro atoms. The van der Waals surface area contributed by atoms with Crippen molar-refractivity contribution in [3.63, 3.8) is 0 Å². The molecule has 0 heterocycles. The molecule has 0 saturated heterocycles. The van der Waals surface area contributed by atoms with Crippen LogP contribution in [0.3, 0.4) is 0 Å². The van der Waals surface area contributed by atoms with E-state index in [4.69, 9.17) is 4.74 Å². The van der Waals surface area contributed by atoms with E-state index in [0.29, 0.717) is 11.1 Å². The number of nitrogens with one attached hydrogen (secondary N) is 1. The molecular weight excluding hydrogens is 360 g/mol. The number of fused-ring (bicyclic) bond motifs is 1. The number of benzene rings is 3. The van der Waals surface area contributed by atoms with E-state index < -0.39 is 16.1 Å². The third-order valence-corrected chi connectivity index (χ3v) is 6.15. The van der Waals surface area contributed by atoms with Crippen LogP contribution in [0.1, 0.15) is 18.5 Å². The molecule has 3 aromatic carbocycles. The van der Waals surface area contributed by atoms with Crippen molar-refractivity contribution >= 4 is 26.5 Å². The van der Waals surface area contributed by atoms with E-state index in [1.165, 1.54) is 0 Å². The van der Waals surface area contributed by atoms with Gasteiger partial charge >= 0.3 is 0 Å². The summed E-state index contributed by atoms with van der Waals surface area (Å²) in [4.78, 5) is 2.25. The number of hydrogen-bond acceptors (Lipinski definition) is 4. The highest BCUT2D eigenvalue weighted by molar-refractivity contribution is 7.89. The van der Waals surface area contributed by atoms with Crippen molar-refractivity contribution in [3.8, 4) is 5.75 Å². The van der Waals surface area contributed by atoms with Crippen LogP contribution in [0, 0.1) is 0 Å². The SMILES string of the molecule is COc1cccc(C(C)NS(=O)(=O)c2cccc3c(N(C)C)cccc23)c1. The minimum Gasteiger partial charge on any atom is -0.497 e. The number of anilines is 1. The second-order valence-corrected chi connectivity index (χ2v) is 8.32. The molecule has 0 fully saturated rings. The van der Waals surface area contributed by atoms with Gasteiger partial charge in [0.15, 0.2) is 0 Å². The highest BCUT2D eigenvalue weighted by Crippen LogP contribution is 2.31. The van der Waals surface area contributed by atoms with Gasteiger partial charge in [-0.3, -0.25) is 0 Å². The van der Waals surface area contributed by atoms with Crippen molar-refractivity contribution in [1.82, 2.24) is 4.72 Å². The maximum Gasteiger partial charge on any atom is 0.241 e. The first-order valence-corrected chi connectivity index (χ1v) is 10.2. The summed E-state index contributed by atoms with van der Waals surface area (Å²) in [6.45, 7) is 1.82. The second-order valence-electron chi connectivity index (χ2n) is 6.64. The van der Waals surface area contributed by atoms with Crippen LogP contribution in [-0.2, 0) is 10.0 Å². The van der Waals surface area contributed by atoms with Crippen LogP contribution in [0.4, 0.5) is 5.69 Å². The third-order valence-electron chi connectivity index (χ3n) is 4.56. The number of methoxy groups -OCH3 is 1. The quantitative estimate of drug-likeness (QED) is 0.699. The molecule has 0 aromatic heterocycles. The lowest BCUT2D eigenvalue weighted by Gasteiger charge is -2.19. The summed E-state index contributed by atoms with van der Waals surface area (Å²) in [6.07, 6.45) is 0. The molecule has 6 heteroatoms. The third kappa shape index (κ3) is 3.91. The zero-order chi connectivity index (χ0) is 19.6. The molecule has 3 rings (SSSR count). The molecule has 0 radical (unpaired) electrons. The molecule has 0 saturated carbocycles. The summed E-state index contributed by atoms with van der Waals surface area (Å²) in [6, 6.07) is 18.1. The average Bonchev–Trinajstić information content (AvgIpc) is 2.66. The minimum atomic E-state index is -3.71. The summed E-state index contributed by atoms with van der Waals surface area (Å²) in [5.74, 6) is 0.694. The van der Waals surface area contributed by atoms with Crippen LogP contribution in [0.5, 0.6) is 5.75 Å². The fourth-order valence-electron chi connectivity index (χ4n) is 3.16. The zero-order valence-electron chi connectivity index (χ0n) is 15.9. The normalized spacial score (nSPS) is 12.7. The number of rotatable bonds is 6. The highest BCUT2D eigenvalue weighted by Gasteiger charge is 2.21. The Kier molecular flexibility index (Phi) is 5.39. The fraction of sp³-hybridized carbons (Fsp3) is 0.238. The van der Waals surface area contributed by atoms with Crippen LogP contribution in [0.15, 0.2) is 65.6 Å². The molecule has 142 valence electrons. The van der Waals surface area contributed by atoms with E-state index in [2.05, 4.69) is 4.72 Å². The Morgan fingerprint density at radius 1 is 0.963 bits per heavy atom. The Labute approximate surface area is 160 Å². The number of sulfonamides is 1. The summed E-state index contributed by atoms with van der Waals surface area (Å²) in [5.41, 5.74) is 1.82. The van der Waals surface area contributed by atoms with Gasteiger partial charge in [-0.05, 0) is 36.8 Å². The Bertz CT molecular complexity index is 1060. The van der Waals surface area contributed by atoms with E-state index in [1.807, 2.05) is 74.4 Å². The molecule has 1 N–H and O–H groups in total. The van der Waals surface area contributed by atoms with Gasteiger partial charge in [-0.15, -0.1) is 0 Å². The van der Waals surface area contributed by atoms with Crippen LogP contribution < -0.4 is 14.4 Å². The molecule has 1 unspecified atom stereocenters. The Hall–Kier alpha value is -2.57. The largest absolute Gasteiger partial charge is 0.497 e. The van der Waals surface area contributed by atoms with Crippen LogP contribution in [0.2, 0.25) is 0 Å². The molecule has 0 amide bonds. The minimum absolute atomic E-state index is 0.276. The highest BCUT2D eigenvalue weighted by atomic mass is 32.2. The lowest BCUT2D eigenvalue weighted by Crippen LogP contribution is -2.27. The Morgan fingerprint density at radius 2 is 1.63 bits per heavy atom. The molecule has 1 atom stereocenters. The second kappa shape index (κ2) is 7.58. The van der Waals surface area contributed by atoms with Crippen LogP contribution in [-0.4, -0.2) is 29.6 Å². The molecule has 5 nitrogen and oxygen atoms in total. The van der Waals surface area contributed by atoms with E-state index in [0.717, 1.165) is 16.6 Å². The van der Waals surface area contributed by atoms with Crippen LogP contribution in [0.25, 0.3) is 10.8 Å². The van der Waals surface area contributed by atoms with Crippen molar-refractivity contribution in [2.45, 2.75) is 17.9 Å². The molecule has 0 bridgehead atoms. The van der Waals surface area contributed by atoms with Gasteiger partial charge in [0.2, 0.25) is 10.0 Å². The van der Waals surface area contributed by atoms with Gasteiger partial charge in [-0.25, -0.2) is 13.1 Å². The first kappa shape index (κ1) is 19.2. The van der Waals surface area contributed by atoms with Crippen molar-refractivity contribution in [2.75, 3.05) is 26.1 Å². The van der Waals surface area contributed by atoms with Crippen LogP contribution >= 0.6 is 0 Å². The number of ether oxygens (including phenoxy) is 1. The standard InChI is InChI=1S/C21H24N2O3S/c1-15(16-8-5-9-17(14-16)26-4)22-27(24,25)21-13-7-10-18-19(21)11-6-12-20(18)23(2)3/h5-15,22H,1-4H3. The molecule has 3 aromatic rings. The van der Waals surface area contributed by atoms with Gasteiger partial charge in [-0.1, -0.05) is 36.4 Å². The fourth-order valence-corrected chi connectivity index (χ4v) is 4.62. The number of hydrogen-bond donors (Lipinski definition) is 1. The summed E-state index contributed by atoms with van der Waals surface area (Å²) < 4.78 is 34.2. The summed E-state index contributed by atoms with van der Waals surface area (Å²) in [5, 5.41) is 1.61. The van der Waals surface area contributed by atoms with Gasteiger partial charge in [0.1, 0.15) is 5.75 Å². The average molecular weight is 385 g/mol. The van der Waals surface area contributed by atoms with Gasteiger partial charge < -0.3 is 9.64 Å². The number of nitrogens with zero attached hydrogens (tertiary/aromatic N) is 1. The monoisotopic (exact) mass is 384 g/mol. The van der Waals surface area contributed by atoms with E-state index in [1.54, 1.807) is 19.2 Å². The zero-order valence-corrected chi connectivity index (χ0v) is 16.7. The van der Waals surface area contributed by atoms with Gasteiger partial charge in [0.25, 0.3) is 0 Å². The maximum atomic E-state index is 13.1. The predicted molar refractivity (Wildman–Crippen MR) is 110 cm³/mol. The van der Waals surface area contributed by atoms with Crippen molar-refractivity contribution < 1.29 is 13.2 Å². The maximum absolute atomic E-state index is 13.1. The molecule has 0 aliphatic heterocycles. The van der Waals surface area contributed by atoms with Gasteiger partial charge in [0.05, 0.1) is 12.0 Å². The first-order valence-electron chi connectivity index (χ1n) is 8.69. The van der Waals surface area contributed by atoms with E-state index in [9.17, 15) is 8.42 Å². The van der Waals surface area contributed by atoms with Gasteiger partial charge in [-0.2, -0.15) is 0 Å². The van der Waals surface area contributed by atoms with Gasteiger partial charge in [0, 0.05) is 36.6 Å². The van der Waals surface area contributed by atoms with E-state index in [-0.39, 0.29) is 4.90 Å². The smallest absolute Gasteiger partial charge is 0.241 e. The molecule has 0 aliphatic rings. The summed E-state index contributed by atoms with van der Waals surface area (Å²) in [7, 11) is 1.77. The first-order chi connectivity index (χ1) is 12.8. The lowest BCUT2D eigenvalue weighted by molar-refractivity contribution is 0.413. The van der Waals surface area contributed by atoms with Crippen molar-refractivity contribution in [2.24, 2.45) is 0 Å². The topological polar surface area (TPSA) is 58.6 Å². The predicted octanol–water partition coefficient (Wildman–Crippen LogP) is 3.95. The lowest BCUT2D eigenvalue weighted by atomic mass is 10.1. The van der Waals surface area contributed by atoms with Crippen molar-refractivity contribution in [3.05, 3.63) is 66.2 Å². The molecule has 27 heavy (non-hydrogen) atoms. The Morgan fingerprint density at radius 3 is 2.33 bits per heavy atom. The molecular formula is C21H24N2O3S. The molecule has 0 aliphatic carbocycles. The van der Waals surface area contributed by atoms with E-state index >= 15 is 0 Å². The summed E-state index contributed by atoms with van der Waals surface area (Å²) >= 11 is 0. The van der Waals surface area contributed by atoms with Crippen molar-refractivity contribution in [1.29, 1.82) is 0 Å². The Balaban J connectivity index is 2.01.